The van der Waals surface area contributed by atoms with Gasteiger partial charge in [-0.3, -0.25) is 9.59 Å². The Morgan fingerprint density at radius 2 is 1.72 bits per heavy atom. The lowest BCUT2D eigenvalue weighted by molar-refractivity contribution is 0.102. The molecule has 126 valence electrons. The summed E-state index contributed by atoms with van der Waals surface area (Å²) in [6.45, 7) is 3.82. The quantitative estimate of drug-likeness (QED) is 0.758. The number of aryl methyl sites for hydroxylation is 2. The molecule has 1 aromatic heterocycles. The number of anilines is 1. The van der Waals surface area contributed by atoms with E-state index in [9.17, 15) is 14.0 Å². The minimum absolute atomic E-state index is 0.0202. The van der Waals surface area contributed by atoms with E-state index in [4.69, 9.17) is 0 Å². The number of aromatic amines is 1. The van der Waals surface area contributed by atoms with Crippen molar-refractivity contribution in [1.82, 2.24) is 4.98 Å². The summed E-state index contributed by atoms with van der Waals surface area (Å²) in [6, 6.07) is 14.6. The van der Waals surface area contributed by atoms with Crippen molar-refractivity contribution in [3.05, 3.63) is 87.5 Å². The van der Waals surface area contributed by atoms with E-state index in [0.29, 0.717) is 16.9 Å². The van der Waals surface area contributed by atoms with E-state index in [1.54, 1.807) is 18.2 Å². The third-order valence-corrected chi connectivity index (χ3v) is 3.95. The molecule has 2 aromatic carbocycles. The number of benzene rings is 2. The van der Waals surface area contributed by atoms with Gasteiger partial charge < -0.3 is 10.3 Å². The molecule has 0 atom stereocenters. The van der Waals surface area contributed by atoms with Crippen LogP contribution in [0.5, 0.6) is 0 Å². The Morgan fingerprint density at radius 3 is 2.40 bits per heavy atom. The predicted octanol–water partition coefficient (Wildman–Crippen LogP) is 4.05. The fourth-order valence-corrected chi connectivity index (χ4v) is 2.51. The van der Waals surface area contributed by atoms with Crippen LogP contribution in [-0.2, 0) is 0 Å². The first kappa shape index (κ1) is 16.6. The van der Waals surface area contributed by atoms with Crippen LogP contribution in [0.15, 0.2) is 59.4 Å². The molecule has 25 heavy (non-hydrogen) atoms. The monoisotopic (exact) mass is 336 g/mol. The van der Waals surface area contributed by atoms with Crippen LogP contribution < -0.4 is 10.9 Å². The van der Waals surface area contributed by atoms with E-state index in [1.807, 2.05) is 32.0 Å². The summed E-state index contributed by atoms with van der Waals surface area (Å²) in [5.74, 6) is -0.823. The molecule has 4 nitrogen and oxygen atoms in total. The number of hydrogen-bond acceptors (Lipinski definition) is 2. The smallest absolute Gasteiger partial charge is 0.261 e. The predicted molar refractivity (Wildman–Crippen MR) is 96.3 cm³/mol. The van der Waals surface area contributed by atoms with Gasteiger partial charge in [-0.25, -0.2) is 4.39 Å². The Labute approximate surface area is 144 Å². The lowest BCUT2D eigenvalue weighted by Gasteiger charge is -2.09. The van der Waals surface area contributed by atoms with E-state index in [0.717, 1.165) is 11.1 Å². The van der Waals surface area contributed by atoms with Gasteiger partial charge in [0, 0.05) is 11.4 Å². The summed E-state index contributed by atoms with van der Waals surface area (Å²) in [4.78, 5) is 27.3. The van der Waals surface area contributed by atoms with Gasteiger partial charge in [0.05, 0.1) is 0 Å². The van der Waals surface area contributed by atoms with Gasteiger partial charge in [-0.15, -0.1) is 0 Å². The second-order valence-corrected chi connectivity index (χ2v) is 5.89. The molecule has 2 N–H and O–H groups in total. The molecule has 1 heterocycles. The first-order chi connectivity index (χ1) is 11.9. The molecule has 0 saturated heterocycles. The van der Waals surface area contributed by atoms with Crippen molar-refractivity contribution in [2.24, 2.45) is 0 Å². The van der Waals surface area contributed by atoms with E-state index >= 15 is 0 Å². The number of rotatable bonds is 3. The second-order valence-electron chi connectivity index (χ2n) is 5.89. The van der Waals surface area contributed by atoms with Crippen molar-refractivity contribution in [3.8, 4) is 11.3 Å². The standard InChI is InChI=1S/C20H17FN2O2/c1-12-3-4-13(2)18(11-12)23-20(25)16-9-10-17(22-19(16)24)14-5-7-15(21)8-6-14/h3-11H,1-2H3,(H,22,24)(H,23,25). The summed E-state index contributed by atoms with van der Waals surface area (Å²) < 4.78 is 13.0. The van der Waals surface area contributed by atoms with Crippen LogP contribution in [0.4, 0.5) is 10.1 Å². The van der Waals surface area contributed by atoms with Crippen LogP contribution >= 0.6 is 0 Å². The molecule has 0 unspecified atom stereocenters. The molecule has 5 heteroatoms. The Kier molecular flexibility index (Phi) is 4.48. The van der Waals surface area contributed by atoms with Gasteiger partial charge >= 0.3 is 0 Å². The SMILES string of the molecule is Cc1ccc(C)c(NC(=O)c2ccc(-c3ccc(F)cc3)[nH]c2=O)c1. The highest BCUT2D eigenvalue weighted by atomic mass is 19.1. The first-order valence-corrected chi connectivity index (χ1v) is 7.82. The van der Waals surface area contributed by atoms with E-state index in [1.165, 1.54) is 18.2 Å². The minimum Gasteiger partial charge on any atom is -0.322 e. The van der Waals surface area contributed by atoms with E-state index < -0.39 is 11.5 Å². The summed E-state index contributed by atoms with van der Waals surface area (Å²) in [5, 5.41) is 2.77. The number of aromatic nitrogens is 1. The zero-order valence-corrected chi connectivity index (χ0v) is 13.9. The average molecular weight is 336 g/mol. The second kappa shape index (κ2) is 6.73. The number of carbonyl (C=O) groups is 1. The zero-order chi connectivity index (χ0) is 18.0. The van der Waals surface area contributed by atoms with E-state index in [2.05, 4.69) is 10.3 Å². The third-order valence-electron chi connectivity index (χ3n) is 3.95. The maximum atomic E-state index is 13.0. The molecule has 0 aliphatic carbocycles. The fraction of sp³-hybridized carbons (Fsp3) is 0.100. The van der Waals surface area contributed by atoms with Crippen LogP contribution in [0.2, 0.25) is 0 Å². The largest absolute Gasteiger partial charge is 0.322 e. The van der Waals surface area contributed by atoms with E-state index in [-0.39, 0.29) is 11.4 Å². The van der Waals surface area contributed by atoms with Crippen LogP contribution in [0.1, 0.15) is 21.5 Å². The molecule has 0 fully saturated rings. The highest BCUT2D eigenvalue weighted by molar-refractivity contribution is 6.04. The molecule has 0 bridgehead atoms. The van der Waals surface area contributed by atoms with Crippen LogP contribution in [0, 0.1) is 19.7 Å². The molecular formula is C20H17FN2O2. The molecule has 0 aliphatic heterocycles. The van der Waals surface area contributed by atoms with Crippen molar-refractivity contribution >= 4 is 11.6 Å². The minimum atomic E-state index is -0.496. The number of amides is 1. The van der Waals surface area contributed by atoms with Crippen molar-refractivity contribution in [2.75, 3.05) is 5.32 Å². The lowest BCUT2D eigenvalue weighted by Crippen LogP contribution is -2.23. The van der Waals surface area contributed by atoms with Gasteiger partial charge in [0.2, 0.25) is 0 Å². The Bertz CT molecular complexity index is 991. The fourth-order valence-electron chi connectivity index (χ4n) is 2.51. The van der Waals surface area contributed by atoms with Crippen molar-refractivity contribution in [3.63, 3.8) is 0 Å². The normalized spacial score (nSPS) is 10.5. The van der Waals surface area contributed by atoms with Gasteiger partial charge in [0.15, 0.2) is 0 Å². The number of pyridine rings is 1. The van der Waals surface area contributed by atoms with Gasteiger partial charge in [-0.1, -0.05) is 12.1 Å². The summed E-state index contributed by atoms with van der Waals surface area (Å²) >= 11 is 0. The van der Waals surface area contributed by atoms with Crippen LogP contribution in [0.3, 0.4) is 0 Å². The van der Waals surface area contributed by atoms with Crippen molar-refractivity contribution < 1.29 is 9.18 Å². The third kappa shape index (κ3) is 3.66. The molecule has 3 aromatic rings. The Balaban J connectivity index is 1.88. The first-order valence-electron chi connectivity index (χ1n) is 7.82. The number of hydrogen-bond donors (Lipinski definition) is 2. The average Bonchev–Trinajstić information content (AvgIpc) is 2.58. The highest BCUT2D eigenvalue weighted by Crippen LogP contribution is 2.18. The lowest BCUT2D eigenvalue weighted by atomic mass is 10.1. The van der Waals surface area contributed by atoms with Crippen LogP contribution in [0.25, 0.3) is 11.3 Å². The van der Waals surface area contributed by atoms with Gasteiger partial charge in [-0.2, -0.15) is 0 Å². The van der Waals surface area contributed by atoms with Crippen molar-refractivity contribution in [2.45, 2.75) is 13.8 Å². The van der Waals surface area contributed by atoms with Crippen LogP contribution in [-0.4, -0.2) is 10.9 Å². The zero-order valence-electron chi connectivity index (χ0n) is 13.9. The topological polar surface area (TPSA) is 62.0 Å². The molecule has 0 saturated carbocycles. The van der Waals surface area contributed by atoms with Gasteiger partial charge in [-0.05, 0) is 73.0 Å². The molecule has 3 rings (SSSR count). The maximum Gasteiger partial charge on any atom is 0.261 e. The molecule has 0 aliphatic rings. The number of H-pyrrole nitrogens is 1. The van der Waals surface area contributed by atoms with Gasteiger partial charge in [0.25, 0.3) is 11.5 Å². The number of carbonyl (C=O) groups excluding carboxylic acids is 1. The maximum absolute atomic E-state index is 13.0. The Morgan fingerprint density at radius 1 is 1.00 bits per heavy atom. The summed E-state index contributed by atoms with van der Waals surface area (Å²) in [6.07, 6.45) is 0. The van der Waals surface area contributed by atoms with Crippen molar-refractivity contribution in [1.29, 1.82) is 0 Å². The Hall–Kier alpha value is -3.21. The number of nitrogens with one attached hydrogen (secondary N) is 2. The molecule has 1 amide bonds. The molecule has 0 radical (unpaired) electrons. The number of halogens is 1. The van der Waals surface area contributed by atoms with Gasteiger partial charge in [0.1, 0.15) is 11.4 Å². The summed E-state index contributed by atoms with van der Waals surface area (Å²) in [7, 11) is 0. The molecule has 0 spiro atoms. The summed E-state index contributed by atoms with van der Waals surface area (Å²) in [5.41, 5.74) is 3.32. The molecular weight excluding hydrogens is 319 g/mol. The highest BCUT2D eigenvalue weighted by Gasteiger charge is 2.13.